The zero-order valence-electron chi connectivity index (χ0n) is 11.9. The average Bonchev–Trinajstić information content (AvgIpc) is 3.05. The highest BCUT2D eigenvalue weighted by Gasteiger charge is 2.44. The van der Waals surface area contributed by atoms with Crippen LogP contribution in [0.4, 0.5) is 0 Å². The topological polar surface area (TPSA) is 41.6 Å². The van der Waals surface area contributed by atoms with Gasteiger partial charge in [-0.05, 0) is 30.9 Å². The Balaban J connectivity index is 1.54. The summed E-state index contributed by atoms with van der Waals surface area (Å²) in [5.41, 5.74) is 0.756. The van der Waals surface area contributed by atoms with Crippen LogP contribution in [0.25, 0.3) is 0 Å². The summed E-state index contributed by atoms with van der Waals surface area (Å²) < 4.78 is 5.15. The third-order valence-corrected chi connectivity index (χ3v) is 4.59. The normalized spacial score (nSPS) is 28.8. The first-order chi connectivity index (χ1) is 9.78. The molecule has 2 fully saturated rings. The van der Waals surface area contributed by atoms with E-state index in [4.69, 9.17) is 4.74 Å². The number of likely N-dealkylation sites (tertiary alicyclic amines) is 1. The molecule has 0 spiro atoms. The van der Waals surface area contributed by atoms with Crippen LogP contribution in [0.5, 0.6) is 0 Å². The van der Waals surface area contributed by atoms with Gasteiger partial charge in [-0.1, -0.05) is 18.2 Å². The summed E-state index contributed by atoms with van der Waals surface area (Å²) >= 11 is 0. The first kappa shape index (κ1) is 13.6. The minimum absolute atomic E-state index is 0.0617. The highest BCUT2D eigenvalue weighted by molar-refractivity contribution is 5.94. The Morgan fingerprint density at radius 1 is 1.35 bits per heavy atom. The predicted octanol–water partition coefficient (Wildman–Crippen LogP) is 1.53. The monoisotopic (exact) mass is 274 g/mol. The number of methoxy groups -OCH3 is 1. The average molecular weight is 274 g/mol. The van der Waals surface area contributed by atoms with Gasteiger partial charge in [0.2, 0.25) is 0 Å². The Hall–Kier alpha value is -1.39. The van der Waals surface area contributed by atoms with Gasteiger partial charge in [0.1, 0.15) is 0 Å². The van der Waals surface area contributed by atoms with Gasteiger partial charge >= 0.3 is 0 Å². The van der Waals surface area contributed by atoms with Crippen molar-refractivity contribution in [2.24, 2.45) is 5.92 Å². The van der Waals surface area contributed by atoms with E-state index in [2.05, 4.69) is 10.2 Å². The van der Waals surface area contributed by atoms with Gasteiger partial charge in [0.15, 0.2) is 0 Å². The van der Waals surface area contributed by atoms with Crippen LogP contribution in [-0.2, 0) is 4.74 Å². The summed E-state index contributed by atoms with van der Waals surface area (Å²) in [5.74, 6) is 0.663. The van der Waals surface area contributed by atoms with Crippen molar-refractivity contribution in [1.29, 1.82) is 0 Å². The molecule has 20 heavy (non-hydrogen) atoms. The number of benzene rings is 1. The molecule has 1 aromatic rings. The summed E-state index contributed by atoms with van der Waals surface area (Å²) in [4.78, 5) is 14.7. The minimum Gasteiger partial charge on any atom is -0.383 e. The second-order valence-corrected chi connectivity index (χ2v) is 5.82. The lowest BCUT2D eigenvalue weighted by Gasteiger charge is -2.31. The molecule has 1 N–H and O–H groups in total. The van der Waals surface area contributed by atoms with Crippen molar-refractivity contribution in [2.45, 2.75) is 24.9 Å². The smallest absolute Gasteiger partial charge is 0.251 e. The summed E-state index contributed by atoms with van der Waals surface area (Å²) in [6.07, 6.45) is 2.29. The Kier molecular flexibility index (Phi) is 4.03. The maximum Gasteiger partial charge on any atom is 0.251 e. The fourth-order valence-corrected chi connectivity index (χ4v) is 3.55. The Labute approximate surface area is 120 Å². The van der Waals surface area contributed by atoms with Crippen molar-refractivity contribution in [3.63, 3.8) is 0 Å². The minimum atomic E-state index is 0.0617. The van der Waals surface area contributed by atoms with Gasteiger partial charge in [-0.3, -0.25) is 9.69 Å². The fourth-order valence-electron chi connectivity index (χ4n) is 3.55. The van der Waals surface area contributed by atoms with E-state index in [-0.39, 0.29) is 5.91 Å². The van der Waals surface area contributed by atoms with Crippen molar-refractivity contribution in [3.8, 4) is 0 Å². The number of rotatable bonds is 5. The first-order valence-electron chi connectivity index (χ1n) is 7.37. The molecule has 2 aliphatic rings. The molecule has 3 atom stereocenters. The molecule has 2 bridgehead atoms. The molecule has 3 rings (SSSR count). The number of ether oxygens (including phenoxy) is 1. The van der Waals surface area contributed by atoms with Crippen LogP contribution in [-0.4, -0.2) is 49.7 Å². The number of nitrogens with one attached hydrogen (secondary N) is 1. The zero-order chi connectivity index (χ0) is 13.9. The largest absolute Gasteiger partial charge is 0.383 e. The van der Waals surface area contributed by atoms with Crippen LogP contribution in [0, 0.1) is 5.92 Å². The van der Waals surface area contributed by atoms with E-state index in [0.29, 0.717) is 18.0 Å². The van der Waals surface area contributed by atoms with E-state index in [1.165, 1.54) is 6.42 Å². The second-order valence-electron chi connectivity index (χ2n) is 5.82. The SMILES string of the molecule is COCCN1C[C@H]2C[C@H]1C[C@H]2NC(=O)c1ccccc1. The van der Waals surface area contributed by atoms with Gasteiger partial charge in [-0.2, -0.15) is 0 Å². The molecule has 0 aromatic heterocycles. The van der Waals surface area contributed by atoms with E-state index in [1.54, 1.807) is 7.11 Å². The van der Waals surface area contributed by atoms with Crippen LogP contribution < -0.4 is 5.32 Å². The lowest BCUT2D eigenvalue weighted by molar-refractivity contribution is 0.0885. The molecule has 4 nitrogen and oxygen atoms in total. The van der Waals surface area contributed by atoms with Gasteiger partial charge in [-0.25, -0.2) is 0 Å². The maximum atomic E-state index is 12.2. The number of amides is 1. The first-order valence-corrected chi connectivity index (χ1v) is 7.37. The molecule has 1 saturated carbocycles. The molecule has 1 aliphatic heterocycles. The van der Waals surface area contributed by atoms with Gasteiger partial charge in [0.25, 0.3) is 5.91 Å². The third-order valence-electron chi connectivity index (χ3n) is 4.59. The number of hydrogen-bond donors (Lipinski definition) is 1. The number of hydrogen-bond acceptors (Lipinski definition) is 3. The number of carbonyl (C=O) groups is 1. The molecule has 0 unspecified atom stereocenters. The van der Waals surface area contributed by atoms with Crippen LogP contribution in [0.2, 0.25) is 0 Å². The van der Waals surface area contributed by atoms with Crippen molar-refractivity contribution in [1.82, 2.24) is 10.2 Å². The van der Waals surface area contributed by atoms with E-state index < -0.39 is 0 Å². The molecule has 1 aliphatic carbocycles. The molecule has 0 radical (unpaired) electrons. The fraction of sp³-hybridized carbons (Fsp3) is 0.562. The predicted molar refractivity (Wildman–Crippen MR) is 77.7 cm³/mol. The van der Waals surface area contributed by atoms with Crippen LogP contribution in [0.15, 0.2) is 30.3 Å². The third kappa shape index (κ3) is 2.72. The molecule has 108 valence electrons. The highest BCUT2D eigenvalue weighted by atomic mass is 16.5. The van der Waals surface area contributed by atoms with Crippen LogP contribution >= 0.6 is 0 Å². The number of carbonyl (C=O) groups excluding carboxylic acids is 1. The number of nitrogens with zero attached hydrogens (tertiary/aromatic N) is 1. The van der Waals surface area contributed by atoms with Crippen molar-refractivity contribution in [2.75, 3.05) is 26.8 Å². The standard InChI is InChI=1S/C16H22N2O2/c1-20-8-7-18-11-13-9-14(18)10-15(13)17-16(19)12-5-3-2-4-6-12/h2-6,13-15H,7-11H2,1H3,(H,17,19)/t13-,14+,15-/m1/s1. The van der Waals surface area contributed by atoms with Gasteiger partial charge in [0.05, 0.1) is 6.61 Å². The van der Waals surface area contributed by atoms with Gasteiger partial charge < -0.3 is 10.1 Å². The summed E-state index contributed by atoms with van der Waals surface area (Å²) in [5, 5.41) is 3.21. The lowest BCUT2D eigenvalue weighted by Crippen LogP contribution is -2.46. The maximum absolute atomic E-state index is 12.2. The van der Waals surface area contributed by atoms with E-state index in [1.807, 2.05) is 30.3 Å². The molecule has 1 aromatic carbocycles. The number of piperidine rings is 1. The van der Waals surface area contributed by atoms with E-state index in [9.17, 15) is 4.79 Å². The molecule has 1 heterocycles. The highest BCUT2D eigenvalue weighted by Crippen LogP contribution is 2.37. The quantitative estimate of drug-likeness (QED) is 0.885. The summed E-state index contributed by atoms with van der Waals surface area (Å²) in [7, 11) is 1.75. The van der Waals surface area contributed by atoms with Crippen molar-refractivity contribution < 1.29 is 9.53 Å². The lowest BCUT2D eigenvalue weighted by atomic mass is 10.0. The Morgan fingerprint density at radius 2 is 2.15 bits per heavy atom. The molecule has 1 saturated heterocycles. The van der Waals surface area contributed by atoms with E-state index in [0.717, 1.165) is 31.7 Å². The molecule has 1 amide bonds. The van der Waals surface area contributed by atoms with Crippen LogP contribution in [0.3, 0.4) is 0 Å². The van der Waals surface area contributed by atoms with Crippen molar-refractivity contribution in [3.05, 3.63) is 35.9 Å². The van der Waals surface area contributed by atoms with Gasteiger partial charge in [-0.15, -0.1) is 0 Å². The second kappa shape index (κ2) is 5.94. The Morgan fingerprint density at radius 3 is 2.80 bits per heavy atom. The van der Waals surface area contributed by atoms with Crippen LogP contribution in [0.1, 0.15) is 23.2 Å². The summed E-state index contributed by atoms with van der Waals surface area (Å²) in [6, 6.07) is 10.4. The number of fused-ring (bicyclic) bond motifs is 2. The molecular formula is C16H22N2O2. The Bertz CT molecular complexity index is 463. The van der Waals surface area contributed by atoms with Gasteiger partial charge in [0, 0.05) is 37.8 Å². The van der Waals surface area contributed by atoms with E-state index >= 15 is 0 Å². The summed E-state index contributed by atoms with van der Waals surface area (Å²) in [6.45, 7) is 2.90. The zero-order valence-corrected chi connectivity index (χ0v) is 11.9. The molecule has 4 heteroatoms. The molecular weight excluding hydrogens is 252 g/mol. The van der Waals surface area contributed by atoms with Crippen molar-refractivity contribution >= 4 is 5.91 Å².